The average molecular weight is 136 g/mol. The van der Waals surface area contributed by atoms with E-state index in [0.717, 1.165) is 0 Å². The SMILES string of the molecule is O=C(O)O.OO.[H-].[K+]. The van der Waals surface area contributed by atoms with Crippen LogP contribution in [0, 0.1) is 0 Å². The molecule has 0 heterocycles. The van der Waals surface area contributed by atoms with Crippen LogP contribution >= 0.6 is 0 Å². The maximum atomic E-state index is 8.56. The fourth-order valence-corrected chi connectivity index (χ4v) is 0. The Morgan fingerprint density at radius 2 is 1.29 bits per heavy atom. The van der Waals surface area contributed by atoms with Gasteiger partial charge in [-0.2, -0.15) is 0 Å². The van der Waals surface area contributed by atoms with Gasteiger partial charge in [-0.05, 0) is 0 Å². The second-order valence-electron chi connectivity index (χ2n) is 0.283. The molecule has 0 aromatic rings. The standard InChI is InChI=1S/CH2O3.K.H2O2.H/c2-1(3)4;;1-2;/h(H2,2,3,4);;1-2H;/q;+1;;-1. The van der Waals surface area contributed by atoms with Gasteiger partial charge in [0.2, 0.25) is 0 Å². The van der Waals surface area contributed by atoms with Gasteiger partial charge in [0.1, 0.15) is 0 Å². The summed E-state index contributed by atoms with van der Waals surface area (Å²) >= 11 is 0. The Kier molecular flexibility index (Phi) is 35.4. The van der Waals surface area contributed by atoms with E-state index < -0.39 is 6.16 Å². The number of hydrogen-bond acceptors (Lipinski definition) is 3. The Labute approximate surface area is 83.4 Å². The van der Waals surface area contributed by atoms with E-state index >= 15 is 0 Å². The molecule has 0 amide bonds. The first-order valence-electron chi connectivity index (χ1n) is 0.851. The molecule has 0 atom stereocenters. The number of carbonyl (C=O) groups is 1. The van der Waals surface area contributed by atoms with Crippen LogP contribution in [-0.4, -0.2) is 26.9 Å². The second kappa shape index (κ2) is 15.8. The second-order valence-corrected chi connectivity index (χ2v) is 0.283. The van der Waals surface area contributed by atoms with Gasteiger partial charge in [-0.25, -0.2) is 4.79 Å². The van der Waals surface area contributed by atoms with Crippen LogP contribution in [0.25, 0.3) is 0 Å². The van der Waals surface area contributed by atoms with Gasteiger partial charge in [0.15, 0.2) is 0 Å². The van der Waals surface area contributed by atoms with Gasteiger partial charge in [0.05, 0.1) is 0 Å². The van der Waals surface area contributed by atoms with Crippen LogP contribution in [0.4, 0.5) is 4.79 Å². The molecule has 40 valence electrons. The molecule has 0 saturated carbocycles. The van der Waals surface area contributed by atoms with Crippen molar-refractivity contribution in [2.75, 3.05) is 0 Å². The quantitative estimate of drug-likeness (QED) is 0.166. The van der Waals surface area contributed by atoms with Crippen LogP contribution in [0.2, 0.25) is 0 Å². The summed E-state index contributed by atoms with van der Waals surface area (Å²) in [5.41, 5.74) is 0. The molecule has 4 N–H and O–H groups in total. The van der Waals surface area contributed by atoms with Crippen molar-refractivity contribution in [3.63, 3.8) is 0 Å². The van der Waals surface area contributed by atoms with Crippen LogP contribution < -0.4 is 51.4 Å². The van der Waals surface area contributed by atoms with E-state index in [4.69, 9.17) is 25.5 Å². The van der Waals surface area contributed by atoms with Crippen LogP contribution in [0.5, 0.6) is 0 Å². The summed E-state index contributed by atoms with van der Waals surface area (Å²) in [5.74, 6) is 0. The summed E-state index contributed by atoms with van der Waals surface area (Å²) in [4.78, 5) is 8.56. The van der Waals surface area contributed by atoms with Crippen molar-refractivity contribution in [3.8, 4) is 0 Å². The molecular formula is CH5KO5. The van der Waals surface area contributed by atoms with Crippen LogP contribution in [0.1, 0.15) is 1.43 Å². The number of rotatable bonds is 0. The maximum Gasteiger partial charge on any atom is 1.00 e. The van der Waals surface area contributed by atoms with E-state index in [1.54, 1.807) is 0 Å². The third kappa shape index (κ3) is 233. The monoisotopic (exact) mass is 136 g/mol. The molecule has 0 bridgehead atoms. The van der Waals surface area contributed by atoms with Crippen molar-refractivity contribution in [1.82, 2.24) is 0 Å². The van der Waals surface area contributed by atoms with Crippen molar-refractivity contribution in [3.05, 3.63) is 0 Å². The number of carboxylic acid groups (broad SMARTS) is 2. The Morgan fingerprint density at radius 3 is 1.29 bits per heavy atom. The van der Waals surface area contributed by atoms with Crippen LogP contribution in [0.3, 0.4) is 0 Å². The Morgan fingerprint density at radius 1 is 1.29 bits per heavy atom. The summed E-state index contributed by atoms with van der Waals surface area (Å²) in [5, 5.41) is 25.9. The first-order chi connectivity index (χ1) is 2.73. The molecule has 0 aliphatic rings. The van der Waals surface area contributed by atoms with Crippen molar-refractivity contribution in [2.24, 2.45) is 0 Å². The first kappa shape index (κ1) is 15.7. The summed E-state index contributed by atoms with van der Waals surface area (Å²) in [6, 6.07) is 0. The van der Waals surface area contributed by atoms with Crippen molar-refractivity contribution in [2.45, 2.75) is 0 Å². The zero-order chi connectivity index (χ0) is 5.58. The molecule has 0 fully saturated rings. The third-order valence-electron chi connectivity index (χ3n) is 0. The topological polar surface area (TPSA) is 98.0 Å². The van der Waals surface area contributed by atoms with E-state index in [1.165, 1.54) is 0 Å². The molecule has 0 aromatic carbocycles. The Balaban J connectivity index is -0.0000000183. The van der Waals surface area contributed by atoms with Crippen LogP contribution in [0.15, 0.2) is 0 Å². The molecule has 0 saturated heterocycles. The van der Waals surface area contributed by atoms with Gasteiger partial charge in [0, 0.05) is 0 Å². The maximum absolute atomic E-state index is 8.56. The van der Waals surface area contributed by atoms with Crippen molar-refractivity contribution >= 4 is 6.16 Å². The molecule has 5 nitrogen and oxygen atoms in total. The van der Waals surface area contributed by atoms with Gasteiger partial charge < -0.3 is 11.6 Å². The predicted molar refractivity (Wildman–Crippen MR) is 17.0 cm³/mol. The third-order valence-corrected chi connectivity index (χ3v) is 0. The fraction of sp³-hybridized carbons (Fsp3) is 0. The molecule has 0 aliphatic heterocycles. The van der Waals surface area contributed by atoms with E-state index in [0.29, 0.717) is 0 Å². The van der Waals surface area contributed by atoms with E-state index in [-0.39, 0.29) is 52.8 Å². The van der Waals surface area contributed by atoms with Gasteiger partial charge in [-0.15, -0.1) is 0 Å². The van der Waals surface area contributed by atoms with E-state index in [2.05, 4.69) is 0 Å². The van der Waals surface area contributed by atoms with Crippen molar-refractivity contribution < 1.29 is 78.3 Å². The molecule has 0 aromatic heterocycles. The van der Waals surface area contributed by atoms with E-state index in [9.17, 15) is 0 Å². The van der Waals surface area contributed by atoms with Crippen LogP contribution in [-0.2, 0) is 0 Å². The van der Waals surface area contributed by atoms with Crippen molar-refractivity contribution in [1.29, 1.82) is 0 Å². The Bertz CT molecular complexity index is 35.4. The summed E-state index contributed by atoms with van der Waals surface area (Å²) < 4.78 is 0. The smallest absolute Gasteiger partial charge is 1.00 e. The predicted octanol–water partition coefficient (Wildman–Crippen LogP) is -2.64. The zero-order valence-corrected chi connectivity index (χ0v) is 6.82. The molecule has 0 spiro atoms. The van der Waals surface area contributed by atoms with Gasteiger partial charge in [-0.3, -0.25) is 10.5 Å². The molecule has 0 aliphatic carbocycles. The molecule has 0 rings (SSSR count). The number of hydrogen-bond donors (Lipinski definition) is 4. The average Bonchev–Trinajstić information content (AvgIpc) is 1.41. The van der Waals surface area contributed by atoms with Gasteiger partial charge in [0.25, 0.3) is 0 Å². The fourth-order valence-electron chi connectivity index (χ4n) is 0. The van der Waals surface area contributed by atoms with E-state index in [1.807, 2.05) is 0 Å². The summed E-state index contributed by atoms with van der Waals surface area (Å²) in [6.45, 7) is 0. The molecule has 6 heteroatoms. The molecule has 7 heavy (non-hydrogen) atoms. The minimum absolute atomic E-state index is 0. The normalized spacial score (nSPS) is 4.29. The molecule has 0 unspecified atom stereocenters. The minimum Gasteiger partial charge on any atom is -1.00 e. The molecular weight excluding hydrogens is 131 g/mol. The summed E-state index contributed by atoms with van der Waals surface area (Å²) in [6.07, 6.45) is -1.83. The molecule has 0 radical (unpaired) electrons. The van der Waals surface area contributed by atoms with Gasteiger partial charge >= 0.3 is 57.5 Å². The summed E-state index contributed by atoms with van der Waals surface area (Å²) in [7, 11) is 0. The Hall–Kier alpha value is 0.826. The van der Waals surface area contributed by atoms with Gasteiger partial charge in [-0.1, -0.05) is 0 Å². The minimum atomic E-state index is -1.83. The zero-order valence-electron chi connectivity index (χ0n) is 4.70. The first-order valence-corrected chi connectivity index (χ1v) is 0.851. The largest absolute Gasteiger partial charge is 1.00 e.